The van der Waals surface area contributed by atoms with E-state index in [-0.39, 0.29) is 0 Å². The summed E-state index contributed by atoms with van der Waals surface area (Å²) >= 11 is 0. The van der Waals surface area contributed by atoms with E-state index in [1.165, 1.54) is 13.8 Å². The van der Waals surface area contributed by atoms with Crippen LogP contribution in [-0.2, 0) is 4.74 Å². The van der Waals surface area contributed by atoms with Crippen molar-refractivity contribution in [3.63, 3.8) is 0 Å². The van der Waals surface area contributed by atoms with Crippen molar-refractivity contribution in [1.29, 1.82) is 0 Å². The predicted molar refractivity (Wildman–Crippen MR) is 63.5 cm³/mol. The first-order valence-electron chi connectivity index (χ1n) is 5.80. The third kappa shape index (κ3) is 2.23. The zero-order valence-corrected chi connectivity index (χ0v) is 10.5. The number of hydrogen-bond acceptors (Lipinski definition) is 6. The van der Waals surface area contributed by atoms with Crippen molar-refractivity contribution in [3.05, 3.63) is 33.1 Å². The summed E-state index contributed by atoms with van der Waals surface area (Å²) in [4.78, 5) is 24.7. The molecule has 0 aliphatic carbocycles. The van der Waals surface area contributed by atoms with Gasteiger partial charge in [0.15, 0.2) is 6.23 Å². The second-order valence-electron chi connectivity index (χ2n) is 4.88. The van der Waals surface area contributed by atoms with Gasteiger partial charge in [0.05, 0.1) is 6.10 Å². The number of hydrogen-bond donors (Lipinski definition) is 4. The summed E-state index contributed by atoms with van der Waals surface area (Å²) in [6.45, 7) is 2.70. The molecule has 2 unspecified atom stereocenters. The number of ether oxygens (including phenoxy) is 1. The van der Waals surface area contributed by atoms with Gasteiger partial charge in [-0.05, 0) is 13.8 Å². The summed E-state index contributed by atoms with van der Waals surface area (Å²) < 4.78 is 6.31. The van der Waals surface area contributed by atoms with Crippen LogP contribution in [0.3, 0.4) is 0 Å². The van der Waals surface area contributed by atoms with Crippen LogP contribution in [0.4, 0.5) is 0 Å². The van der Waals surface area contributed by atoms with Crippen molar-refractivity contribution >= 4 is 0 Å². The molecule has 1 aromatic heterocycles. The number of H-pyrrole nitrogens is 1. The van der Waals surface area contributed by atoms with Crippen molar-refractivity contribution in [1.82, 2.24) is 9.55 Å². The Hall–Kier alpha value is -1.48. The normalized spacial score (nSPS) is 36.4. The molecule has 0 saturated carbocycles. The molecule has 19 heavy (non-hydrogen) atoms. The first-order chi connectivity index (χ1) is 8.75. The second kappa shape index (κ2) is 4.57. The Morgan fingerprint density at radius 2 is 2.16 bits per heavy atom. The molecule has 1 aromatic rings. The molecule has 5 atom stereocenters. The zero-order valence-electron chi connectivity index (χ0n) is 10.5. The van der Waals surface area contributed by atoms with Crippen LogP contribution in [0.15, 0.2) is 21.9 Å². The van der Waals surface area contributed by atoms with Gasteiger partial charge in [0.25, 0.3) is 5.56 Å². The Bertz CT molecular complexity index is 575. The molecule has 8 heteroatoms. The summed E-state index contributed by atoms with van der Waals surface area (Å²) in [6.07, 6.45) is -3.45. The van der Waals surface area contributed by atoms with Gasteiger partial charge in [-0.25, -0.2) is 4.79 Å². The molecule has 2 heterocycles. The van der Waals surface area contributed by atoms with Gasteiger partial charge in [-0.2, -0.15) is 0 Å². The predicted octanol–water partition coefficient (Wildman–Crippen LogP) is -2.07. The molecule has 1 aliphatic heterocycles. The highest BCUT2D eigenvalue weighted by molar-refractivity contribution is 5.02. The van der Waals surface area contributed by atoms with E-state index >= 15 is 0 Å². The maximum Gasteiger partial charge on any atom is 0.330 e. The van der Waals surface area contributed by atoms with Crippen molar-refractivity contribution in [2.75, 3.05) is 0 Å². The van der Waals surface area contributed by atoms with E-state index in [2.05, 4.69) is 0 Å². The molecule has 1 saturated heterocycles. The van der Waals surface area contributed by atoms with Crippen molar-refractivity contribution < 1.29 is 20.1 Å². The Labute approximate surface area is 107 Å². The van der Waals surface area contributed by atoms with Gasteiger partial charge in [-0.3, -0.25) is 14.3 Å². The van der Waals surface area contributed by atoms with Crippen molar-refractivity contribution in [3.8, 4) is 0 Å². The van der Waals surface area contributed by atoms with Crippen LogP contribution >= 0.6 is 0 Å². The van der Waals surface area contributed by atoms with Gasteiger partial charge in [0.1, 0.15) is 17.8 Å². The monoisotopic (exact) mass is 272 g/mol. The molecule has 0 bridgehead atoms. The minimum Gasteiger partial charge on any atom is -0.391 e. The number of aromatic nitrogens is 2. The van der Waals surface area contributed by atoms with Gasteiger partial charge in [-0.1, -0.05) is 0 Å². The van der Waals surface area contributed by atoms with Gasteiger partial charge in [0.2, 0.25) is 0 Å². The zero-order chi connectivity index (χ0) is 14.4. The van der Waals surface area contributed by atoms with Gasteiger partial charge in [-0.15, -0.1) is 0 Å². The fraction of sp³-hybridized carbons (Fsp3) is 0.636. The van der Waals surface area contributed by atoms with E-state index in [4.69, 9.17) is 4.74 Å². The Morgan fingerprint density at radius 1 is 1.53 bits per heavy atom. The summed E-state index contributed by atoms with van der Waals surface area (Å²) in [5, 5.41) is 29.7. The lowest BCUT2D eigenvalue weighted by molar-refractivity contribution is -0.103. The van der Waals surface area contributed by atoms with E-state index in [9.17, 15) is 24.9 Å². The topological polar surface area (TPSA) is 125 Å². The molecule has 0 aromatic carbocycles. The molecule has 4 N–H and O–H groups in total. The average Bonchev–Trinajstić information content (AvgIpc) is 2.52. The lowest BCUT2D eigenvalue weighted by atomic mass is 9.94. The molecule has 0 amide bonds. The summed E-state index contributed by atoms with van der Waals surface area (Å²) in [7, 11) is 0. The minimum absolute atomic E-state index is 0.577. The van der Waals surface area contributed by atoms with Gasteiger partial charge in [0, 0.05) is 12.3 Å². The number of rotatable bonds is 2. The summed E-state index contributed by atoms with van der Waals surface area (Å²) in [5.74, 6) is 0. The van der Waals surface area contributed by atoms with Gasteiger partial charge < -0.3 is 20.1 Å². The largest absolute Gasteiger partial charge is 0.391 e. The third-order valence-electron chi connectivity index (χ3n) is 3.28. The van der Waals surface area contributed by atoms with Crippen LogP contribution in [0.2, 0.25) is 0 Å². The van der Waals surface area contributed by atoms with Crippen LogP contribution in [0.25, 0.3) is 0 Å². The summed E-state index contributed by atoms with van der Waals surface area (Å²) in [6, 6.07) is 1.10. The average molecular weight is 272 g/mol. The highest BCUT2D eigenvalue weighted by Crippen LogP contribution is 2.38. The SMILES string of the molecule is CC(O)[C@H]1O[C@@H](n2ccc(=O)[nH]c2=O)[C@](C)(O)C1O. The van der Waals surface area contributed by atoms with Crippen LogP contribution in [0.5, 0.6) is 0 Å². The van der Waals surface area contributed by atoms with E-state index in [0.29, 0.717) is 0 Å². The number of aliphatic hydroxyl groups excluding tert-OH is 2. The minimum atomic E-state index is -1.77. The second-order valence-corrected chi connectivity index (χ2v) is 4.88. The fourth-order valence-corrected chi connectivity index (χ4v) is 2.18. The molecule has 1 fully saturated rings. The van der Waals surface area contributed by atoms with Crippen LogP contribution < -0.4 is 11.2 Å². The van der Waals surface area contributed by atoms with E-state index in [1.807, 2.05) is 4.98 Å². The lowest BCUT2D eigenvalue weighted by Crippen LogP contribution is -2.47. The highest BCUT2D eigenvalue weighted by Gasteiger charge is 2.54. The third-order valence-corrected chi connectivity index (χ3v) is 3.28. The Kier molecular flexibility index (Phi) is 3.35. The molecular weight excluding hydrogens is 256 g/mol. The maximum absolute atomic E-state index is 11.7. The van der Waals surface area contributed by atoms with E-state index < -0.39 is 41.4 Å². The maximum atomic E-state index is 11.7. The highest BCUT2D eigenvalue weighted by atomic mass is 16.6. The summed E-state index contributed by atoms with van der Waals surface area (Å²) in [5.41, 5.74) is -3.12. The van der Waals surface area contributed by atoms with Crippen LogP contribution in [0.1, 0.15) is 20.1 Å². The van der Waals surface area contributed by atoms with Crippen molar-refractivity contribution in [2.24, 2.45) is 0 Å². The fourth-order valence-electron chi connectivity index (χ4n) is 2.18. The van der Waals surface area contributed by atoms with Crippen molar-refractivity contribution in [2.45, 2.75) is 44.0 Å². The molecule has 0 radical (unpaired) electrons. The van der Waals surface area contributed by atoms with E-state index in [0.717, 1.165) is 16.8 Å². The molecule has 1 aliphatic rings. The molecule has 0 spiro atoms. The number of nitrogens with one attached hydrogen (secondary N) is 1. The lowest BCUT2D eigenvalue weighted by Gasteiger charge is -2.27. The standard InChI is InChI=1S/C11H16N2O6/c1-5(14)7-8(16)11(2,18)9(19-7)13-4-3-6(15)12-10(13)17/h3-5,7-9,14,16,18H,1-2H3,(H,12,15,17)/t5?,7-,8?,9-,11-/m1/s1. The van der Waals surface area contributed by atoms with Crippen LogP contribution in [-0.4, -0.2) is 48.8 Å². The number of nitrogens with zero attached hydrogens (tertiary/aromatic N) is 1. The number of aromatic amines is 1. The number of aliphatic hydroxyl groups is 3. The first-order valence-corrected chi connectivity index (χ1v) is 5.80. The molecule has 2 rings (SSSR count). The van der Waals surface area contributed by atoms with Crippen LogP contribution in [0, 0.1) is 0 Å². The molecule has 106 valence electrons. The smallest absolute Gasteiger partial charge is 0.330 e. The molecular formula is C11H16N2O6. The van der Waals surface area contributed by atoms with Gasteiger partial charge >= 0.3 is 5.69 Å². The van der Waals surface area contributed by atoms with E-state index in [1.54, 1.807) is 0 Å². The Balaban J connectivity index is 2.45. The quantitative estimate of drug-likeness (QED) is 0.490. The Morgan fingerprint density at radius 3 is 2.63 bits per heavy atom. The molecule has 8 nitrogen and oxygen atoms in total. The first kappa shape index (κ1) is 13.9.